The summed E-state index contributed by atoms with van der Waals surface area (Å²) in [6.07, 6.45) is -2.92. The molecular formula is C19H17F3N4O. The molecule has 0 fully saturated rings. The van der Waals surface area contributed by atoms with Crippen molar-refractivity contribution in [3.63, 3.8) is 0 Å². The summed E-state index contributed by atoms with van der Waals surface area (Å²) in [6, 6.07) is 12.3. The number of benzene rings is 2. The third kappa shape index (κ3) is 4.52. The molecule has 0 bridgehead atoms. The fourth-order valence-electron chi connectivity index (χ4n) is 2.76. The molecule has 1 heterocycles. The largest absolute Gasteiger partial charge is 0.417 e. The highest BCUT2D eigenvalue weighted by Gasteiger charge is 2.32. The minimum absolute atomic E-state index is 0.00875. The highest BCUT2D eigenvalue weighted by atomic mass is 19.4. The molecule has 1 amide bonds. The second-order valence-corrected chi connectivity index (χ2v) is 6.17. The van der Waals surface area contributed by atoms with Crippen LogP contribution in [0.4, 0.5) is 18.9 Å². The van der Waals surface area contributed by atoms with Crippen LogP contribution in [0.1, 0.15) is 30.0 Å². The molecule has 0 spiro atoms. The second-order valence-electron chi connectivity index (χ2n) is 6.17. The molecule has 27 heavy (non-hydrogen) atoms. The highest BCUT2D eigenvalue weighted by Crippen LogP contribution is 2.31. The van der Waals surface area contributed by atoms with E-state index in [1.54, 1.807) is 12.1 Å². The molecule has 3 rings (SSSR count). The fraction of sp³-hybridized carbons (Fsp3) is 0.211. The molecule has 0 saturated carbocycles. The van der Waals surface area contributed by atoms with Crippen molar-refractivity contribution in [1.29, 1.82) is 0 Å². The normalized spacial score (nSPS) is 17.6. The minimum Gasteiger partial charge on any atom is -0.279 e. The number of rotatable bonds is 4. The Morgan fingerprint density at radius 1 is 1.19 bits per heavy atom. The lowest BCUT2D eigenvalue weighted by molar-refractivity contribution is -0.137. The summed E-state index contributed by atoms with van der Waals surface area (Å²) in [5.41, 5.74) is 6.68. The molecule has 1 aliphatic heterocycles. The molecule has 2 N–H and O–H groups in total. The standard InChI is InChI=1S/C19H17F3N4O/c1-12-10-17(27)25-26-18(12)13-6-8-15(9-7-13)24-23-11-14-4-2-3-5-16(14)19(20,21)22/h2-9,11-12,24H,10H2,1H3,(H,25,27). The first-order valence-electron chi connectivity index (χ1n) is 8.27. The Kier molecular flexibility index (Phi) is 5.25. The van der Waals surface area contributed by atoms with Crippen molar-refractivity contribution in [3.05, 3.63) is 65.2 Å². The number of hydrazone groups is 2. The molecular weight excluding hydrogens is 357 g/mol. The zero-order valence-corrected chi connectivity index (χ0v) is 14.4. The predicted octanol–water partition coefficient (Wildman–Crippen LogP) is 4.01. The van der Waals surface area contributed by atoms with E-state index < -0.39 is 11.7 Å². The Hall–Kier alpha value is -3.16. The molecule has 0 aromatic heterocycles. The Balaban J connectivity index is 1.70. The maximum absolute atomic E-state index is 13.0. The van der Waals surface area contributed by atoms with Crippen molar-refractivity contribution in [3.8, 4) is 0 Å². The van der Waals surface area contributed by atoms with Gasteiger partial charge in [0.25, 0.3) is 0 Å². The topological polar surface area (TPSA) is 65.8 Å². The summed E-state index contributed by atoms with van der Waals surface area (Å²) in [7, 11) is 0. The summed E-state index contributed by atoms with van der Waals surface area (Å²) in [5, 5.41) is 7.98. The van der Waals surface area contributed by atoms with Crippen molar-refractivity contribution >= 4 is 23.5 Å². The van der Waals surface area contributed by atoms with E-state index in [9.17, 15) is 18.0 Å². The Morgan fingerprint density at radius 2 is 1.89 bits per heavy atom. The van der Waals surface area contributed by atoms with E-state index in [0.29, 0.717) is 12.1 Å². The molecule has 1 unspecified atom stereocenters. The van der Waals surface area contributed by atoms with Gasteiger partial charge in [0.15, 0.2) is 0 Å². The van der Waals surface area contributed by atoms with Crippen LogP contribution in [0.25, 0.3) is 0 Å². The van der Waals surface area contributed by atoms with Crippen molar-refractivity contribution in [2.75, 3.05) is 5.43 Å². The number of nitrogens with one attached hydrogen (secondary N) is 2. The maximum atomic E-state index is 13.0. The molecule has 0 saturated heterocycles. The third-order valence-electron chi connectivity index (χ3n) is 4.10. The van der Waals surface area contributed by atoms with Gasteiger partial charge in [-0.3, -0.25) is 10.2 Å². The van der Waals surface area contributed by atoms with Crippen molar-refractivity contribution < 1.29 is 18.0 Å². The smallest absolute Gasteiger partial charge is 0.279 e. The summed E-state index contributed by atoms with van der Waals surface area (Å²) in [5.74, 6) is -0.104. The van der Waals surface area contributed by atoms with E-state index in [2.05, 4.69) is 21.1 Å². The highest BCUT2D eigenvalue weighted by molar-refractivity contribution is 6.05. The Labute approximate surface area is 154 Å². The summed E-state index contributed by atoms with van der Waals surface area (Å²) in [4.78, 5) is 11.3. The van der Waals surface area contributed by atoms with Gasteiger partial charge in [-0.15, -0.1) is 0 Å². The van der Waals surface area contributed by atoms with Crippen molar-refractivity contribution in [2.45, 2.75) is 19.5 Å². The summed E-state index contributed by atoms with van der Waals surface area (Å²) in [6.45, 7) is 1.92. The molecule has 0 radical (unpaired) electrons. The zero-order chi connectivity index (χ0) is 19.4. The van der Waals surface area contributed by atoms with Gasteiger partial charge < -0.3 is 0 Å². The van der Waals surface area contributed by atoms with Crippen LogP contribution in [0.5, 0.6) is 0 Å². The fourth-order valence-corrected chi connectivity index (χ4v) is 2.76. The summed E-state index contributed by atoms with van der Waals surface area (Å²) < 4.78 is 38.9. The summed E-state index contributed by atoms with van der Waals surface area (Å²) >= 11 is 0. The van der Waals surface area contributed by atoms with Gasteiger partial charge in [0.2, 0.25) is 5.91 Å². The van der Waals surface area contributed by atoms with E-state index in [-0.39, 0.29) is 17.4 Å². The minimum atomic E-state index is -4.43. The van der Waals surface area contributed by atoms with E-state index in [1.165, 1.54) is 18.2 Å². The van der Waals surface area contributed by atoms with Gasteiger partial charge >= 0.3 is 6.18 Å². The van der Waals surface area contributed by atoms with Gasteiger partial charge in [0, 0.05) is 17.9 Å². The van der Waals surface area contributed by atoms with E-state index in [1.807, 2.05) is 19.1 Å². The Morgan fingerprint density at radius 3 is 2.56 bits per heavy atom. The number of hydrogen-bond donors (Lipinski definition) is 2. The SMILES string of the molecule is CC1CC(=O)NN=C1c1ccc(NN=Cc2ccccc2C(F)(F)F)cc1. The molecule has 0 aliphatic carbocycles. The first-order chi connectivity index (χ1) is 12.8. The monoisotopic (exact) mass is 374 g/mol. The van der Waals surface area contributed by atoms with Crippen LogP contribution in [0.15, 0.2) is 58.7 Å². The van der Waals surface area contributed by atoms with Gasteiger partial charge in [-0.1, -0.05) is 37.3 Å². The van der Waals surface area contributed by atoms with Crippen LogP contribution in [0.3, 0.4) is 0 Å². The van der Waals surface area contributed by atoms with Crippen molar-refractivity contribution in [2.24, 2.45) is 16.1 Å². The van der Waals surface area contributed by atoms with Crippen LogP contribution in [-0.4, -0.2) is 17.8 Å². The molecule has 8 heteroatoms. The lowest BCUT2D eigenvalue weighted by Gasteiger charge is -2.19. The number of nitrogens with zero attached hydrogens (tertiary/aromatic N) is 2. The van der Waals surface area contributed by atoms with Crippen LogP contribution < -0.4 is 10.9 Å². The number of carbonyl (C=O) groups is 1. The molecule has 2 aromatic carbocycles. The van der Waals surface area contributed by atoms with E-state index in [0.717, 1.165) is 23.6 Å². The number of anilines is 1. The van der Waals surface area contributed by atoms with Crippen LogP contribution in [-0.2, 0) is 11.0 Å². The van der Waals surface area contributed by atoms with E-state index in [4.69, 9.17) is 0 Å². The maximum Gasteiger partial charge on any atom is 0.417 e. The number of halogens is 3. The van der Waals surface area contributed by atoms with Gasteiger partial charge in [-0.2, -0.15) is 23.4 Å². The van der Waals surface area contributed by atoms with Crippen LogP contribution in [0, 0.1) is 5.92 Å². The predicted molar refractivity (Wildman–Crippen MR) is 97.6 cm³/mol. The van der Waals surface area contributed by atoms with Gasteiger partial charge in [0.05, 0.1) is 23.2 Å². The number of carbonyl (C=O) groups excluding carboxylic acids is 1. The zero-order valence-electron chi connectivity index (χ0n) is 14.4. The lowest BCUT2D eigenvalue weighted by Crippen LogP contribution is -2.31. The quantitative estimate of drug-likeness (QED) is 0.627. The van der Waals surface area contributed by atoms with Crippen molar-refractivity contribution in [1.82, 2.24) is 5.43 Å². The molecule has 5 nitrogen and oxygen atoms in total. The van der Waals surface area contributed by atoms with Gasteiger partial charge in [-0.25, -0.2) is 5.43 Å². The first kappa shape index (κ1) is 18.6. The van der Waals surface area contributed by atoms with Crippen LogP contribution in [0.2, 0.25) is 0 Å². The number of alkyl halides is 3. The van der Waals surface area contributed by atoms with Crippen LogP contribution >= 0.6 is 0 Å². The Bertz CT molecular complexity index is 889. The average Bonchev–Trinajstić information content (AvgIpc) is 2.62. The van der Waals surface area contributed by atoms with E-state index >= 15 is 0 Å². The molecule has 1 aliphatic rings. The number of hydrogen-bond acceptors (Lipinski definition) is 4. The molecule has 140 valence electrons. The lowest BCUT2D eigenvalue weighted by atomic mass is 9.94. The van der Waals surface area contributed by atoms with Gasteiger partial charge in [-0.05, 0) is 23.8 Å². The third-order valence-corrected chi connectivity index (χ3v) is 4.10. The second kappa shape index (κ2) is 7.61. The molecule has 2 aromatic rings. The van der Waals surface area contributed by atoms with Gasteiger partial charge in [0.1, 0.15) is 0 Å². The molecule has 1 atom stereocenters. The number of amides is 1. The average molecular weight is 374 g/mol. The first-order valence-corrected chi connectivity index (χ1v) is 8.27.